The highest BCUT2D eigenvalue weighted by atomic mass is 32.2. The topological polar surface area (TPSA) is 12.5 Å². The molecule has 1 aliphatic heterocycles. The molecule has 0 fully saturated rings. The molecule has 0 amide bonds. The Hall–Kier alpha value is -1.39. The molecule has 1 heterocycles. The molecule has 128 valence electrons. The van der Waals surface area contributed by atoms with Crippen LogP contribution in [0.15, 0.2) is 47.4 Å². The monoisotopic (exact) mass is 357 g/mol. The van der Waals surface area contributed by atoms with Gasteiger partial charge >= 0.3 is 0 Å². The fourth-order valence-corrected chi connectivity index (χ4v) is 5.96. The van der Waals surface area contributed by atoms with Gasteiger partial charge in [-0.25, -0.2) is 0 Å². The highest BCUT2D eigenvalue weighted by Gasteiger charge is 2.45. The third-order valence-electron chi connectivity index (χ3n) is 5.21. The van der Waals surface area contributed by atoms with Crippen LogP contribution >= 0.6 is 11.8 Å². The number of nitrogens with zero attached hydrogens (tertiary/aromatic N) is 1. The Labute approximate surface area is 151 Å². The average molecular weight is 358 g/mol. The van der Waals surface area contributed by atoms with E-state index in [4.69, 9.17) is 4.74 Å². The smallest absolute Gasteiger partial charge is 0.163 e. The summed E-state index contributed by atoms with van der Waals surface area (Å²) in [6, 6.07) is 15.0. The largest absolute Gasteiger partial charge is 0.452 e. The first kappa shape index (κ1) is 17.4. The zero-order valence-corrected chi connectivity index (χ0v) is 17.3. The Balaban J connectivity index is 2.25. The highest BCUT2D eigenvalue weighted by Crippen LogP contribution is 2.55. The molecule has 2 aromatic rings. The Morgan fingerprint density at radius 2 is 1.67 bits per heavy atom. The molecule has 2 aromatic carbocycles. The van der Waals surface area contributed by atoms with E-state index in [9.17, 15) is 0 Å². The van der Waals surface area contributed by atoms with Crippen LogP contribution in [0.1, 0.15) is 27.7 Å². The number of benzene rings is 2. The lowest BCUT2D eigenvalue weighted by Gasteiger charge is -2.49. The second-order valence-corrected chi connectivity index (χ2v) is 14.1. The van der Waals surface area contributed by atoms with Crippen molar-refractivity contribution in [1.29, 1.82) is 0 Å². The quantitative estimate of drug-likeness (QED) is 0.431. The molecule has 0 bridgehead atoms. The van der Waals surface area contributed by atoms with Gasteiger partial charge in [0.2, 0.25) is 0 Å². The van der Waals surface area contributed by atoms with E-state index in [0.717, 1.165) is 17.3 Å². The summed E-state index contributed by atoms with van der Waals surface area (Å²) >= 11 is 1.85. The number of hydrogen-bond donors (Lipinski definition) is 0. The molecule has 0 spiro atoms. The van der Waals surface area contributed by atoms with E-state index in [-0.39, 0.29) is 5.04 Å². The lowest BCUT2D eigenvalue weighted by molar-refractivity contribution is 0.465. The van der Waals surface area contributed by atoms with Gasteiger partial charge in [0, 0.05) is 0 Å². The molecule has 1 aliphatic rings. The summed E-state index contributed by atoms with van der Waals surface area (Å²) in [6.45, 7) is 14.2. The number of rotatable bonds is 3. The number of anilines is 2. The summed E-state index contributed by atoms with van der Waals surface area (Å²) in [7, 11) is -1.81. The number of hydrogen-bond acceptors (Lipinski definition) is 3. The predicted molar refractivity (Wildman–Crippen MR) is 109 cm³/mol. The molecule has 0 aromatic heterocycles. The van der Waals surface area contributed by atoms with Crippen molar-refractivity contribution in [3.05, 3.63) is 42.5 Å². The first-order chi connectivity index (χ1) is 11.3. The molecule has 0 N–H and O–H groups in total. The van der Waals surface area contributed by atoms with Crippen molar-refractivity contribution in [3.8, 4) is 11.5 Å². The van der Waals surface area contributed by atoms with Crippen molar-refractivity contribution < 1.29 is 4.74 Å². The van der Waals surface area contributed by atoms with Gasteiger partial charge in [-0.2, -0.15) is 0 Å². The molecule has 0 aliphatic carbocycles. The zero-order chi connectivity index (χ0) is 17.5. The van der Waals surface area contributed by atoms with Crippen LogP contribution in [0.3, 0.4) is 0 Å². The van der Waals surface area contributed by atoms with Gasteiger partial charge in [-0.15, -0.1) is 11.8 Å². The molecule has 4 heteroatoms. The zero-order valence-electron chi connectivity index (χ0n) is 15.5. The molecular formula is C20H27NOSSi. The van der Waals surface area contributed by atoms with Gasteiger partial charge in [0.1, 0.15) is 5.75 Å². The van der Waals surface area contributed by atoms with Crippen LogP contribution < -0.4 is 9.30 Å². The third kappa shape index (κ3) is 2.76. The van der Waals surface area contributed by atoms with Crippen LogP contribution in [0.5, 0.6) is 11.5 Å². The van der Waals surface area contributed by atoms with Crippen molar-refractivity contribution in [2.75, 3.05) is 10.3 Å². The van der Waals surface area contributed by atoms with Gasteiger partial charge in [0.05, 0.1) is 16.3 Å². The second kappa shape index (κ2) is 6.16. The van der Waals surface area contributed by atoms with Crippen LogP contribution in [0.2, 0.25) is 18.1 Å². The van der Waals surface area contributed by atoms with Crippen molar-refractivity contribution in [1.82, 2.24) is 0 Å². The number of para-hydroxylation sites is 3. The van der Waals surface area contributed by atoms with Crippen LogP contribution in [-0.2, 0) is 0 Å². The lowest BCUT2D eigenvalue weighted by Crippen LogP contribution is -2.53. The fraction of sp³-hybridized carbons (Fsp3) is 0.400. The number of ether oxygens (including phenoxy) is 1. The molecule has 0 atom stereocenters. The van der Waals surface area contributed by atoms with Gasteiger partial charge < -0.3 is 9.30 Å². The average Bonchev–Trinajstić information content (AvgIpc) is 2.52. The standard InChI is InChI=1S/C20H27NOSSi/c1-7-23-18-14-10-12-16-19(18)22-17-13-9-8-11-15(17)21(16)24(5,6)20(2,3)4/h8-14H,7H2,1-6H3. The molecule has 3 rings (SSSR count). The van der Waals surface area contributed by atoms with Crippen molar-refractivity contribution in [2.45, 2.75) is 50.7 Å². The SMILES string of the molecule is CCSc1cccc2c1Oc1ccccc1N2[Si](C)(C)C(C)(C)C. The van der Waals surface area contributed by atoms with Gasteiger partial charge in [-0.1, -0.05) is 59.0 Å². The molecule has 0 saturated carbocycles. The van der Waals surface area contributed by atoms with E-state index in [1.807, 2.05) is 11.8 Å². The normalized spacial score (nSPS) is 14.0. The van der Waals surface area contributed by atoms with E-state index in [0.29, 0.717) is 0 Å². The lowest BCUT2D eigenvalue weighted by atomic mass is 10.2. The molecule has 0 unspecified atom stereocenters. The predicted octanol–water partition coefficient (Wildman–Crippen LogP) is 7.05. The Morgan fingerprint density at radius 3 is 2.33 bits per heavy atom. The van der Waals surface area contributed by atoms with Crippen molar-refractivity contribution in [2.24, 2.45) is 0 Å². The third-order valence-corrected chi connectivity index (χ3v) is 11.4. The minimum absolute atomic E-state index is 0.239. The van der Waals surface area contributed by atoms with Gasteiger partial charge in [-0.05, 0) is 35.1 Å². The van der Waals surface area contributed by atoms with Crippen molar-refractivity contribution in [3.63, 3.8) is 0 Å². The fourth-order valence-electron chi connectivity index (χ4n) is 2.96. The van der Waals surface area contributed by atoms with E-state index < -0.39 is 8.24 Å². The second-order valence-electron chi connectivity index (χ2n) is 7.75. The van der Waals surface area contributed by atoms with E-state index in [2.05, 4.69) is 87.8 Å². The van der Waals surface area contributed by atoms with E-state index >= 15 is 0 Å². The molecular weight excluding hydrogens is 330 g/mol. The highest BCUT2D eigenvalue weighted by molar-refractivity contribution is 7.99. The van der Waals surface area contributed by atoms with E-state index in [1.165, 1.54) is 16.3 Å². The van der Waals surface area contributed by atoms with Gasteiger partial charge in [0.15, 0.2) is 14.0 Å². The van der Waals surface area contributed by atoms with Crippen molar-refractivity contribution >= 4 is 31.4 Å². The van der Waals surface area contributed by atoms with Crippen LogP contribution in [0.25, 0.3) is 0 Å². The minimum Gasteiger partial charge on any atom is -0.452 e. The van der Waals surface area contributed by atoms with Gasteiger partial charge in [0.25, 0.3) is 0 Å². The summed E-state index contributed by atoms with van der Waals surface area (Å²) in [5.74, 6) is 3.04. The summed E-state index contributed by atoms with van der Waals surface area (Å²) in [4.78, 5) is 1.23. The molecule has 24 heavy (non-hydrogen) atoms. The maximum absolute atomic E-state index is 6.36. The van der Waals surface area contributed by atoms with Crippen LogP contribution in [-0.4, -0.2) is 14.0 Å². The Morgan fingerprint density at radius 1 is 1.00 bits per heavy atom. The number of fused-ring (bicyclic) bond motifs is 2. The van der Waals surface area contributed by atoms with Gasteiger partial charge in [-0.3, -0.25) is 0 Å². The minimum atomic E-state index is -1.81. The maximum atomic E-state index is 6.36. The Kier molecular flexibility index (Phi) is 4.47. The molecule has 2 nitrogen and oxygen atoms in total. The Bertz CT molecular complexity index is 752. The van der Waals surface area contributed by atoms with Crippen LogP contribution in [0.4, 0.5) is 11.4 Å². The summed E-state index contributed by atoms with van der Waals surface area (Å²) in [6.07, 6.45) is 0. The van der Waals surface area contributed by atoms with E-state index in [1.54, 1.807) is 0 Å². The van der Waals surface area contributed by atoms with Crippen LogP contribution in [0, 0.1) is 0 Å². The first-order valence-electron chi connectivity index (χ1n) is 8.60. The maximum Gasteiger partial charge on any atom is 0.163 e. The summed E-state index contributed by atoms with van der Waals surface area (Å²) in [5.41, 5.74) is 2.42. The molecule has 0 saturated heterocycles. The summed E-state index contributed by atoms with van der Waals surface area (Å²) in [5, 5.41) is 0.239. The molecule has 0 radical (unpaired) electrons. The number of thioether (sulfide) groups is 1. The summed E-state index contributed by atoms with van der Waals surface area (Å²) < 4.78 is 8.96. The first-order valence-corrected chi connectivity index (χ1v) is 12.5.